The first kappa shape index (κ1) is 23.7. The zero-order valence-corrected chi connectivity index (χ0v) is 18.9. The third-order valence-corrected chi connectivity index (χ3v) is 5.35. The predicted octanol–water partition coefficient (Wildman–Crippen LogP) is 3.28. The van der Waals surface area contributed by atoms with Crippen molar-refractivity contribution in [2.45, 2.75) is 19.8 Å². The molecule has 1 heterocycles. The van der Waals surface area contributed by atoms with Gasteiger partial charge in [-0.1, -0.05) is 36.4 Å². The summed E-state index contributed by atoms with van der Waals surface area (Å²) in [5.41, 5.74) is 2.42. The second kappa shape index (κ2) is 10.6. The number of carbonyl (C=O) groups is 2. The van der Waals surface area contributed by atoms with Crippen LogP contribution in [-0.4, -0.2) is 34.1 Å². The molecule has 0 spiro atoms. The van der Waals surface area contributed by atoms with Gasteiger partial charge in [-0.05, 0) is 47.0 Å². The first-order valence-electron chi connectivity index (χ1n) is 10.8. The van der Waals surface area contributed by atoms with Crippen LogP contribution in [-0.2, 0) is 24.5 Å². The van der Waals surface area contributed by atoms with Crippen molar-refractivity contribution in [2.24, 2.45) is 0 Å². The van der Waals surface area contributed by atoms with Crippen LogP contribution in [0.2, 0.25) is 0 Å². The number of aromatic amines is 1. The lowest BCUT2D eigenvalue weighted by Gasteiger charge is -2.09. The van der Waals surface area contributed by atoms with Gasteiger partial charge in [-0.25, -0.2) is 9.78 Å². The van der Waals surface area contributed by atoms with Crippen molar-refractivity contribution < 1.29 is 24.2 Å². The Kier molecular flexibility index (Phi) is 7.18. The average Bonchev–Trinajstić information content (AvgIpc) is 2.87. The zero-order valence-electron chi connectivity index (χ0n) is 18.9. The molecule has 0 aliphatic carbocycles. The summed E-state index contributed by atoms with van der Waals surface area (Å²) >= 11 is 0. The molecule has 0 saturated carbocycles. The Bertz CT molecular complexity index is 1430. The van der Waals surface area contributed by atoms with Crippen molar-refractivity contribution in [1.29, 1.82) is 0 Å². The number of methoxy groups -OCH3 is 1. The maximum atomic E-state index is 12.8. The Labute approximate surface area is 200 Å². The number of hydrogen-bond donors (Lipinski definition) is 3. The Balaban J connectivity index is 1.45. The maximum absolute atomic E-state index is 12.8. The Morgan fingerprint density at radius 2 is 1.77 bits per heavy atom. The van der Waals surface area contributed by atoms with Crippen molar-refractivity contribution in [2.75, 3.05) is 7.11 Å². The number of aromatic carboxylic acids is 1. The molecule has 3 aromatic carbocycles. The molecule has 178 valence electrons. The number of rotatable bonds is 9. The number of carboxylic acids is 1. The van der Waals surface area contributed by atoms with Crippen LogP contribution in [0.3, 0.4) is 0 Å². The lowest BCUT2D eigenvalue weighted by Crippen LogP contribution is -2.27. The van der Waals surface area contributed by atoms with Gasteiger partial charge < -0.3 is 24.9 Å². The highest BCUT2D eigenvalue weighted by Crippen LogP contribution is 2.16. The number of nitrogens with one attached hydrogen (secondary N) is 2. The normalized spacial score (nSPS) is 10.8. The molecule has 1 amide bonds. The van der Waals surface area contributed by atoms with Crippen LogP contribution in [0.5, 0.6) is 5.75 Å². The van der Waals surface area contributed by atoms with Crippen molar-refractivity contribution in [3.63, 3.8) is 0 Å². The summed E-state index contributed by atoms with van der Waals surface area (Å²) in [5.74, 6) is -0.894. The molecular formula is C26H23N3O6. The number of benzene rings is 3. The van der Waals surface area contributed by atoms with Gasteiger partial charge in [0.1, 0.15) is 5.75 Å². The number of hydrogen-bond acceptors (Lipinski definition) is 6. The molecular weight excluding hydrogens is 450 g/mol. The molecule has 0 unspecified atom stereocenters. The molecule has 3 N–H and O–H groups in total. The van der Waals surface area contributed by atoms with Gasteiger partial charge in [0.15, 0.2) is 5.82 Å². The van der Waals surface area contributed by atoms with Crippen LogP contribution >= 0.6 is 0 Å². The molecule has 0 aliphatic rings. The van der Waals surface area contributed by atoms with E-state index in [4.69, 9.17) is 14.6 Å². The number of amides is 1. The van der Waals surface area contributed by atoms with Gasteiger partial charge in [0.05, 0.1) is 36.8 Å². The summed E-state index contributed by atoms with van der Waals surface area (Å²) in [6.07, 6.45) is 0. The quantitative estimate of drug-likeness (QED) is 0.340. The highest BCUT2D eigenvalue weighted by atomic mass is 16.5. The van der Waals surface area contributed by atoms with Gasteiger partial charge in [0.2, 0.25) is 0 Å². The van der Waals surface area contributed by atoms with E-state index in [2.05, 4.69) is 15.3 Å². The van der Waals surface area contributed by atoms with Gasteiger partial charge in [0.25, 0.3) is 11.5 Å². The van der Waals surface area contributed by atoms with Gasteiger partial charge in [-0.3, -0.25) is 9.59 Å². The molecule has 0 aliphatic heterocycles. The number of carboxylic acid groups (broad SMARTS) is 1. The Morgan fingerprint density at radius 1 is 1.00 bits per heavy atom. The summed E-state index contributed by atoms with van der Waals surface area (Å²) in [7, 11) is 1.57. The number of ether oxygens (including phenoxy) is 2. The molecule has 0 fully saturated rings. The molecule has 0 atom stereocenters. The highest BCUT2D eigenvalue weighted by Gasteiger charge is 2.14. The van der Waals surface area contributed by atoms with E-state index < -0.39 is 17.4 Å². The monoisotopic (exact) mass is 473 g/mol. The Hall–Kier alpha value is -4.50. The van der Waals surface area contributed by atoms with Crippen LogP contribution in [0.4, 0.5) is 0 Å². The molecule has 9 heteroatoms. The summed E-state index contributed by atoms with van der Waals surface area (Å²) in [6.45, 7) is 0.635. The van der Waals surface area contributed by atoms with Crippen molar-refractivity contribution in [3.8, 4) is 5.75 Å². The summed E-state index contributed by atoms with van der Waals surface area (Å²) in [4.78, 5) is 43.3. The van der Waals surface area contributed by atoms with E-state index in [-0.39, 0.29) is 31.1 Å². The minimum atomic E-state index is -0.992. The zero-order chi connectivity index (χ0) is 24.8. The van der Waals surface area contributed by atoms with Gasteiger partial charge in [-0.15, -0.1) is 0 Å². The van der Waals surface area contributed by atoms with Crippen LogP contribution < -0.4 is 15.6 Å². The number of nitrogens with zero attached hydrogens (tertiary/aromatic N) is 1. The SMILES string of the molecule is COc1cccc(CNC(=O)c2nc3cccc(COCc4ccc(C(=O)O)cc4)c3c(=O)[nH]2)c1. The van der Waals surface area contributed by atoms with Crippen molar-refractivity contribution in [1.82, 2.24) is 15.3 Å². The van der Waals surface area contributed by atoms with E-state index in [0.717, 1.165) is 11.1 Å². The molecule has 0 saturated heterocycles. The summed E-state index contributed by atoms with van der Waals surface area (Å²) in [6, 6.07) is 18.8. The summed E-state index contributed by atoms with van der Waals surface area (Å²) < 4.78 is 10.9. The van der Waals surface area contributed by atoms with Gasteiger partial charge in [0, 0.05) is 6.54 Å². The largest absolute Gasteiger partial charge is 0.497 e. The molecule has 9 nitrogen and oxygen atoms in total. The third kappa shape index (κ3) is 5.71. The van der Waals surface area contributed by atoms with E-state index in [1.807, 2.05) is 24.3 Å². The molecule has 0 radical (unpaired) electrons. The van der Waals surface area contributed by atoms with Crippen molar-refractivity contribution in [3.05, 3.63) is 105 Å². The number of carbonyl (C=O) groups excluding carboxylic acids is 1. The van der Waals surface area contributed by atoms with Crippen LogP contribution in [0.1, 0.15) is 37.7 Å². The summed E-state index contributed by atoms with van der Waals surface area (Å²) in [5, 5.41) is 12.1. The standard InChI is InChI=1S/C26H23N3O6/c1-34-20-6-2-4-17(12-20)13-27-25(31)23-28-21-7-3-5-19(22(21)24(30)29-23)15-35-14-16-8-10-18(11-9-16)26(32)33/h2-12H,13-15H2,1H3,(H,27,31)(H,32,33)(H,28,29,30). The molecule has 4 rings (SSSR count). The van der Waals surface area contributed by atoms with E-state index in [9.17, 15) is 14.4 Å². The number of H-pyrrole nitrogens is 1. The molecule has 4 aromatic rings. The predicted molar refractivity (Wildman–Crippen MR) is 128 cm³/mol. The van der Waals surface area contributed by atoms with Gasteiger partial charge >= 0.3 is 5.97 Å². The van der Waals surface area contributed by atoms with Crippen molar-refractivity contribution >= 4 is 22.8 Å². The van der Waals surface area contributed by atoms with E-state index in [0.29, 0.717) is 22.2 Å². The maximum Gasteiger partial charge on any atom is 0.335 e. The third-order valence-electron chi connectivity index (χ3n) is 5.35. The molecule has 1 aromatic heterocycles. The van der Waals surface area contributed by atoms with Crippen LogP contribution in [0.15, 0.2) is 71.5 Å². The van der Waals surface area contributed by atoms with E-state index in [1.165, 1.54) is 12.1 Å². The van der Waals surface area contributed by atoms with E-state index >= 15 is 0 Å². The minimum Gasteiger partial charge on any atom is -0.497 e. The number of fused-ring (bicyclic) bond motifs is 1. The van der Waals surface area contributed by atoms with Crippen LogP contribution in [0.25, 0.3) is 10.9 Å². The first-order valence-corrected chi connectivity index (χ1v) is 10.8. The lowest BCUT2D eigenvalue weighted by atomic mass is 10.1. The van der Waals surface area contributed by atoms with Crippen LogP contribution in [0, 0.1) is 0 Å². The first-order chi connectivity index (χ1) is 16.9. The average molecular weight is 473 g/mol. The fourth-order valence-corrected chi connectivity index (χ4v) is 3.56. The smallest absolute Gasteiger partial charge is 0.335 e. The highest BCUT2D eigenvalue weighted by molar-refractivity contribution is 5.93. The fraction of sp³-hybridized carbons (Fsp3) is 0.154. The number of aromatic nitrogens is 2. The Morgan fingerprint density at radius 3 is 2.51 bits per heavy atom. The second-order valence-corrected chi connectivity index (χ2v) is 7.75. The fourth-order valence-electron chi connectivity index (χ4n) is 3.56. The van der Waals surface area contributed by atoms with E-state index in [1.54, 1.807) is 37.4 Å². The topological polar surface area (TPSA) is 131 Å². The lowest BCUT2D eigenvalue weighted by molar-refractivity contribution is 0.0696. The molecule has 0 bridgehead atoms. The second-order valence-electron chi connectivity index (χ2n) is 7.75. The molecule has 35 heavy (non-hydrogen) atoms. The minimum absolute atomic E-state index is 0.0815. The van der Waals surface area contributed by atoms with Gasteiger partial charge in [-0.2, -0.15) is 0 Å².